The van der Waals surface area contributed by atoms with Gasteiger partial charge in [-0.05, 0) is 51.0 Å². The van der Waals surface area contributed by atoms with Gasteiger partial charge < -0.3 is 19.9 Å². The van der Waals surface area contributed by atoms with Gasteiger partial charge in [0, 0.05) is 44.1 Å². The van der Waals surface area contributed by atoms with E-state index < -0.39 is 5.97 Å². The lowest BCUT2D eigenvalue weighted by molar-refractivity contribution is -0.139. The molecule has 3 rings (SSSR count). The van der Waals surface area contributed by atoms with E-state index >= 15 is 0 Å². The smallest absolute Gasteiger partial charge is 0.317 e. The van der Waals surface area contributed by atoms with Crippen LogP contribution in [0.5, 0.6) is 0 Å². The normalized spacial score (nSPS) is 22.9. The molecule has 0 atom stereocenters. The summed E-state index contributed by atoms with van der Waals surface area (Å²) in [4.78, 5) is 31.4. The number of aliphatic carboxylic acids is 1. The molecule has 2 heterocycles. The number of imidazole rings is 1. The number of likely N-dealkylation sites (tertiary alicyclic amines) is 1. The predicted molar refractivity (Wildman–Crippen MR) is 106 cm³/mol. The van der Waals surface area contributed by atoms with Gasteiger partial charge >= 0.3 is 12.0 Å². The summed E-state index contributed by atoms with van der Waals surface area (Å²) in [7, 11) is 0. The van der Waals surface area contributed by atoms with Crippen LogP contribution >= 0.6 is 0 Å². The fourth-order valence-electron chi connectivity index (χ4n) is 4.35. The Hall–Kier alpha value is -2.09. The minimum absolute atomic E-state index is 0.0431. The Balaban J connectivity index is 1.30. The number of amides is 2. The Kier molecular flexibility index (Phi) is 7.30. The summed E-state index contributed by atoms with van der Waals surface area (Å²) in [6, 6.07) is 0.488. The summed E-state index contributed by atoms with van der Waals surface area (Å²) >= 11 is 0. The Bertz CT molecular complexity index is 622. The number of hydrogen-bond donors (Lipinski definition) is 2. The molecule has 0 bridgehead atoms. The standard InChI is InChI=1S/C20H33N5O3/c1-2-24(14-19(26)27)18-12-17(13-18)22-20(28)25-9-5-16(6-10-25)4-3-8-23-11-7-21-15-23/h7,11,15-18H,2-6,8-10,12-14H2,1H3,(H,22,28)(H,26,27). The second-order valence-corrected chi connectivity index (χ2v) is 8.10. The van der Waals surface area contributed by atoms with Crippen LogP contribution in [0.15, 0.2) is 18.7 Å². The first kappa shape index (κ1) is 20.6. The number of piperidine rings is 1. The predicted octanol–water partition coefficient (Wildman–Crippen LogP) is 2.02. The minimum atomic E-state index is -0.790. The maximum Gasteiger partial charge on any atom is 0.317 e. The Morgan fingerprint density at radius 2 is 2.04 bits per heavy atom. The second kappa shape index (κ2) is 9.91. The third-order valence-electron chi connectivity index (χ3n) is 6.19. The van der Waals surface area contributed by atoms with Crippen molar-refractivity contribution in [2.45, 2.75) is 64.1 Å². The van der Waals surface area contributed by atoms with Crippen LogP contribution in [0.4, 0.5) is 4.79 Å². The number of carbonyl (C=O) groups excluding carboxylic acids is 1. The molecule has 2 N–H and O–H groups in total. The lowest BCUT2D eigenvalue weighted by Gasteiger charge is -2.43. The number of nitrogens with one attached hydrogen (secondary N) is 1. The van der Waals surface area contributed by atoms with E-state index in [1.54, 1.807) is 0 Å². The zero-order chi connectivity index (χ0) is 19.9. The van der Waals surface area contributed by atoms with Crippen molar-refractivity contribution < 1.29 is 14.7 Å². The molecule has 2 amide bonds. The number of rotatable bonds is 9. The van der Waals surface area contributed by atoms with E-state index in [0.717, 1.165) is 58.3 Å². The van der Waals surface area contributed by atoms with Crippen LogP contribution in [0, 0.1) is 5.92 Å². The molecule has 1 saturated heterocycles. The third kappa shape index (κ3) is 5.70. The Morgan fingerprint density at radius 3 is 2.64 bits per heavy atom. The second-order valence-electron chi connectivity index (χ2n) is 8.10. The fourth-order valence-corrected chi connectivity index (χ4v) is 4.35. The minimum Gasteiger partial charge on any atom is -0.480 e. The van der Waals surface area contributed by atoms with Crippen molar-refractivity contribution in [2.24, 2.45) is 5.92 Å². The van der Waals surface area contributed by atoms with Crippen molar-refractivity contribution in [1.82, 2.24) is 24.7 Å². The SMILES string of the molecule is CCN(CC(=O)O)C1CC(NC(=O)N2CCC(CCCn3ccnc3)CC2)C1. The zero-order valence-electron chi connectivity index (χ0n) is 16.8. The van der Waals surface area contributed by atoms with E-state index in [2.05, 4.69) is 14.9 Å². The molecule has 1 saturated carbocycles. The van der Waals surface area contributed by atoms with Crippen molar-refractivity contribution in [3.05, 3.63) is 18.7 Å². The molecular formula is C20H33N5O3. The number of nitrogens with zero attached hydrogens (tertiary/aromatic N) is 4. The van der Waals surface area contributed by atoms with E-state index in [0.29, 0.717) is 5.92 Å². The van der Waals surface area contributed by atoms with Crippen LogP contribution in [-0.2, 0) is 11.3 Å². The summed E-state index contributed by atoms with van der Waals surface area (Å²) < 4.78 is 2.12. The molecule has 156 valence electrons. The van der Waals surface area contributed by atoms with Crippen LogP contribution in [0.25, 0.3) is 0 Å². The molecule has 2 fully saturated rings. The van der Waals surface area contributed by atoms with Gasteiger partial charge in [-0.25, -0.2) is 9.78 Å². The van der Waals surface area contributed by atoms with Gasteiger partial charge in [0.05, 0.1) is 12.9 Å². The number of urea groups is 1. The topological polar surface area (TPSA) is 90.7 Å². The van der Waals surface area contributed by atoms with E-state index in [9.17, 15) is 9.59 Å². The molecule has 0 spiro atoms. The molecule has 2 aliphatic rings. The molecule has 0 radical (unpaired) electrons. The highest BCUT2D eigenvalue weighted by atomic mass is 16.4. The van der Waals surface area contributed by atoms with Crippen molar-refractivity contribution >= 4 is 12.0 Å². The van der Waals surface area contributed by atoms with Gasteiger partial charge in [-0.15, -0.1) is 0 Å². The summed E-state index contributed by atoms with van der Waals surface area (Å²) in [6.45, 7) is 5.46. The summed E-state index contributed by atoms with van der Waals surface area (Å²) in [6.07, 6.45) is 11.9. The van der Waals surface area contributed by atoms with Crippen LogP contribution < -0.4 is 5.32 Å². The van der Waals surface area contributed by atoms with Crippen LogP contribution in [0.2, 0.25) is 0 Å². The summed E-state index contributed by atoms with van der Waals surface area (Å²) in [5.74, 6) is -0.0861. The number of likely N-dealkylation sites (N-methyl/N-ethyl adjacent to an activating group) is 1. The molecule has 8 nitrogen and oxygen atoms in total. The van der Waals surface area contributed by atoms with Crippen LogP contribution in [-0.4, -0.2) is 74.7 Å². The molecule has 1 aliphatic heterocycles. The molecule has 8 heteroatoms. The average molecular weight is 392 g/mol. The van der Waals surface area contributed by atoms with Crippen molar-refractivity contribution in [1.29, 1.82) is 0 Å². The van der Waals surface area contributed by atoms with Gasteiger partial charge in [-0.1, -0.05) is 6.92 Å². The molecule has 0 aromatic carbocycles. The van der Waals surface area contributed by atoms with Gasteiger partial charge in [0.25, 0.3) is 0 Å². The van der Waals surface area contributed by atoms with Gasteiger partial charge in [0.2, 0.25) is 0 Å². The molecule has 1 aromatic heterocycles. The van der Waals surface area contributed by atoms with Crippen molar-refractivity contribution in [3.8, 4) is 0 Å². The average Bonchev–Trinajstić information content (AvgIpc) is 3.16. The van der Waals surface area contributed by atoms with E-state index in [1.165, 1.54) is 6.42 Å². The van der Waals surface area contributed by atoms with Crippen molar-refractivity contribution in [3.63, 3.8) is 0 Å². The Labute approximate surface area is 166 Å². The molecule has 28 heavy (non-hydrogen) atoms. The van der Waals surface area contributed by atoms with E-state index in [4.69, 9.17) is 5.11 Å². The van der Waals surface area contributed by atoms with E-state index in [-0.39, 0.29) is 24.7 Å². The summed E-state index contributed by atoms with van der Waals surface area (Å²) in [5, 5.41) is 12.1. The lowest BCUT2D eigenvalue weighted by atomic mass is 9.85. The number of carbonyl (C=O) groups is 2. The molecule has 0 unspecified atom stereocenters. The van der Waals surface area contributed by atoms with Crippen LogP contribution in [0.3, 0.4) is 0 Å². The maximum atomic E-state index is 12.5. The van der Waals surface area contributed by atoms with Gasteiger partial charge in [-0.2, -0.15) is 0 Å². The number of carboxylic acid groups (broad SMARTS) is 1. The first-order chi connectivity index (χ1) is 13.5. The molecule has 1 aliphatic carbocycles. The number of hydrogen-bond acceptors (Lipinski definition) is 4. The first-order valence-electron chi connectivity index (χ1n) is 10.5. The maximum absolute atomic E-state index is 12.5. The fraction of sp³-hybridized carbons (Fsp3) is 0.750. The van der Waals surface area contributed by atoms with Crippen molar-refractivity contribution in [2.75, 3.05) is 26.2 Å². The number of aryl methyl sites for hydroxylation is 1. The largest absolute Gasteiger partial charge is 0.480 e. The van der Waals surface area contributed by atoms with Crippen LogP contribution in [0.1, 0.15) is 45.4 Å². The summed E-state index contributed by atoms with van der Waals surface area (Å²) in [5.41, 5.74) is 0. The first-order valence-corrected chi connectivity index (χ1v) is 10.5. The van der Waals surface area contributed by atoms with Gasteiger partial charge in [-0.3, -0.25) is 9.69 Å². The molecular weight excluding hydrogens is 358 g/mol. The molecule has 1 aromatic rings. The zero-order valence-corrected chi connectivity index (χ0v) is 16.8. The number of carboxylic acids is 1. The number of aromatic nitrogens is 2. The Morgan fingerprint density at radius 1 is 1.29 bits per heavy atom. The highest BCUT2D eigenvalue weighted by molar-refractivity contribution is 5.74. The monoisotopic (exact) mass is 391 g/mol. The highest BCUT2D eigenvalue weighted by Crippen LogP contribution is 2.27. The quantitative estimate of drug-likeness (QED) is 0.672. The van der Waals surface area contributed by atoms with Gasteiger partial charge in [0.1, 0.15) is 0 Å². The van der Waals surface area contributed by atoms with E-state index in [1.807, 2.05) is 35.4 Å². The third-order valence-corrected chi connectivity index (χ3v) is 6.19. The van der Waals surface area contributed by atoms with Gasteiger partial charge in [0.15, 0.2) is 0 Å². The highest BCUT2D eigenvalue weighted by Gasteiger charge is 2.35. The lowest BCUT2D eigenvalue weighted by Crippen LogP contribution is -2.57.